The zero-order valence-electron chi connectivity index (χ0n) is 14.9. The van der Waals surface area contributed by atoms with Gasteiger partial charge < -0.3 is 14.4 Å². The van der Waals surface area contributed by atoms with Crippen molar-refractivity contribution >= 4 is 28.0 Å². The second-order valence-electron chi connectivity index (χ2n) is 7.02. The highest BCUT2D eigenvalue weighted by molar-refractivity contribution is 5.88. The summed E-state index contributed by atoms with van der Waals surface area (Å²) < 4.78 is 5.30. The van der Waals surface area contributed by atoms with Crippen LogP contribution in [0.1, 0.15) is 35.8 Å². The summed E-state index contributed by atoms with van der Waals surface area (Å²) in [5.41, 5.74) is 4.76. The number of anilines is 1. The van der Waals surface area contributed by atoms with E-state index < -0.39 is 0 Å². The Morgan fingerprint density at radius 3 is 3.04 bits per heavy atom. The number of nitrogens with zero attached hydrogens (tertiary/aromatic N) is 5. The molecule has 7 heteroatoms. The number of aryl methyl sites for hydroxylation is 2. The monoisotopic (exact) mass is 348 g/mol. The normalized spacial score (nSPS) is 18.1. The molecule has 0 bridgehead atoms. The molecule has 132 valence electrons. The third-order valence-electron chi connectivity index (χ3n) is 5.26. The predicted molar refractivity (Wildman–Crippen MR) is 99.4 cm³/mol. The van der Waals surface area contributed by atoms with E-state index in [4.69, 9.17) is 9.51 Å². The van der Waals surface area contributed by atoms with Gasteiger partial charge in [0.15, 0.2) is 0 Å². The number of piperidine rings is 1. The molecule has 26 heavy (non-hydrogen) atoms. The van der Waals surface area contributed by atoms with Crippen molar-refractivity contribution in [1.82, 2.24) is 25.1 Å². The number of imidazole rings is 1. The SMILES string of the molecule is Cc1cccc2[nH]c([C@H]3CCCN(c4ncnc5onc(C)c45)C3)nc12. The maximum Gasteiger partial charge on any atom is 0.263 e. The summed E-state index contributed by atoms with van der Waals surface area (Å²) in [5.74, 6) is 2.32. The van der Waals surface area contributed by atoms with Crippen molar-refractivity contribution in [2.75, 3.05) is 18.0 Å². The molecule has 4 aromatic rings. The number of hydrogen-bond donors (Lipinski definition) is 1. The first-order valence-corrected chi connectivity index (χ1v) is 8.98. The molecule has 0 aliphatic carbocycles. The molecule has 0 unspecified atom stereocenters. The predicted octanol–water partition coefficient (Wildman–Crippen LogP) is 3.49. The molecule has 1 atom stereocenters. The maximum atomic E-state index is 5.30. The molecule has 1 aliphatic heterocycles. The number of H-pyrrole nitrogens is 1. The van der Waals surface area contributed by atoms with E-state index in [9.17, 15) is 0 Å². The second-order valence-corrected chi connectivity index (χ2v) is 7.02. The zero-order valence-corrected chi connectivity index (χ0v) is 14.9. The lowest BCUT2D eigenvalue weighted by atomic mass is 9.97. The average molecular weight is 348 g/mol. The minimum absolute atomic E-state index is 0.348. The topological polar surface area (TPSA) is 83.7 Å². The minimum Gasteiger partial charge on any atom is -0.355 e. The molecule has 1 N–H and O–H groups in total. The van der Waals surface area contributed by atoms with Crippen molar-refractivity contribution in [1.29, 1.82) is 0 Å². The number of aromatic amines is 1. The molecule has 0 spiro atoms. The van der Waals surface area contributed by atoms with Gasteiger partial charge in [0.05, 0.1) is 16.7 Å². The Kier molecular flexibility index (Phi) is 3.41. The fourth-order valence-electron chi connectivity index (χ4n) is 3.92. The van der Waals surface area contributed by atoms with E-state index in [1.165, 1.54) is 5.56 Å². The van der Waals surface area contributed by atoms with Gasteiger partial charge >= 0.3 is 0 Å². The highest BCUT2D eigenvalue weighted by Gasteiger charge is 2.27. The number of nitrogens with one attached hydrogen (secondary N) is 1. The Labute approximate surface area is 150 Å². The fraction of sp³-hybridized carbons (Fsp3) is 0.368. The van der Waals surface area contributed by atoms with Gasteiger partial charge in [-0.3, -0.25) is 0 Å². The Morgan fingerprint density at radius 2 is 2.15 bits per heavy atom. The van der Waals surface area contributed by atoms with E-state index in [0.717, 1.165) is 59.7 Å². The van der Waals surface area contributed by atoms with Crippen LogP contribution in [0.4, 0.5) is 5.82 Å². The van der Waals surface area contributed by atoms with Crippen LogP contribution >= 0.6 is 0 Å². The van der Waals surface area contributed by atoms with Gasteiger partial charge in [-0.2, -0.15) is 4.98 Å². The van der Waals surface area contributed by atoms with E-state index in [-0.39, 0.29) is 0 Å². The lowest BCUT2D eigenvalue weighted by molar-refractivity contribution is 0.442. The van der Waals surface area contributed by atoms with Gasteiger partial charge in [0.1, 0.15) is 23.4 Å². The lowest BCUT2D eigenvalue weighted by Gasteiger charge is -2.32. The molecule has 3 aromatic heterocycles. The average Bonchev–Trinajstić information content (AvgIpc) is 3.27. The third-order valence-corrected chi connectivity index (χ3v) is 5.26. The summed E-state index contributed by atoms with van der Waals surface area (Å²) in [4.78, 5) is 19.4. The van der Waals surface area contributed by atoms with Gasteiger partial charge in [0, 0.05) is 19.0 Å². The highest BCUT2D eigenvalue weighted by atomic mass is 16.5. The highest BCUT2D eigenvalue weighted by Crippen LogP contribution is 2.33. The van der Waals surface area contributed by atoms with Gasteiger partial charge in [-0.25, -0.2) is 9.97 Å². The van der Waals surface area contributed by atoms with Crippen molar-refractivity contribution < 1.29 is 4.52 Å². The number of fused-ring (bicyclic) bond motifs is 2. The van der Waals surface area contributed by atoms with E-state index >= 15 is 0 Å². The first kappa shape index (κ1) is 15.3. The minimum atomic E-state index is 0.348. The Hall–Kier alpha value is -2.96. The van der Waals surface area contributed by atoms with Crippen molar-refractivity contribution in [2.45, 2.75) is 32.6 Å². The molecule has 1 fully saturated rings. The van der Waals surface area contributed by atoms with Crippen LogP contribution in [0.5, 0.6) is 0 Å². The van der Waals surface area contributed by atoms with E-state index in [2.05, 4.69) is 50.1 Å². The van der Waals surface area contributed by atoms with Crippen LogP contribution in [0.15, 0.2) is 29.0 Å². The van der Waals surface area contributed by atoms with Crippen LogP contribution < -0.4 is 4.90 Å². The Morgan fingerprint density at radius 1 is 1.23 bits per heavy atom. The van der Waals surface area contributed by atoms with Crippen LogP contribution in [0.2, 0.25) is 0 Å². The van der Waals surface area contributed by atoms with E-state index in [0.29, 0.717) is 11.6 Å². The lowest BCUT2D eigenvalue weighted by Crippen LogP contribution is -2.35. The quantitative estimate of drug-likeness (QED) is 0.597. The van der Waals surface area contributed by atoms with Crippen molar-refractivity contribution in [3.8, 4) is 0 Å². The van der Waals surface area contributed by atoms with Crippen LogP contribution in [-0.2, 0) is 0 Å². The molecule has 4 heterocycles. The number of rotatable bonds is 2. The summed E-state index contributed by atoms with van der Waals surface area (Å²) in [6.45, 7) is 5.87. The molecule has 7 nitrogen and oxygen atoms in total. The van der Waals surface area contributed by atoms with Crippen LogP contribution in [0.3, 0.4) is 0 Å². The summed E-state index contributed by atoms with van der Waals surface area (Å²) >= 11 is 0. The van der Waals surface area contributed by atoms with E-state index in [1.807, 2.05) is 6.92 Å². The second kappa shape index (κ2) is 5.79. The Balaban J connectivity index is 1.51. The first-order chi connectivity index (χ1) is 12.7. The first-order valence-electron chi connectivity index (χ1n) is 8.98. The molecule has 1 saturated heterocycles. The van der Waals surface area contributed by atoms with Gasteiger partial charge in [0.25, 0.3) is 5.71 Å². The van der Waals surface area contributed by atoms with Crippen LogP contribution in [0.25, 0.3) is 22.1 Å². The molecule has 1 aromatic carbocycles. The van der Waals surface area contributed by atoms with Crippen LogP contribution in [-0.4, -0.2) is 38.2 Å². The molecular weight excluding hydrogens is 328 g/mol. The van der Waals surface area contributed by atoms with Crippen molar-refractivity contribution in [3.05, 3.63) is 41.6 Å². The maximum absolute atomic E-state index is 5.30. The van der Waals surface area contributed by atoms with Crippen molar-refractivity contribution in [3.63, 3.8) is 0 Å². The van der Waals surface area contributed by atoms with Gasteiger partial charge in [0.2, 0.25) is 0 Å². The smallest absolute Gasteiger partial charge is 0.263 e. The molecular formula is C19H20N6O. The van der Waals surface area contributed by atoms with E-state index in [1.54, 1.807) is 6.33 Å². The standard InChI is InChI=1S/C19H20N6O/c1-11-5-3-7-14-16(11)23-17(22-14)13-6-4-8-25(9-13)18-15-12(2)24-26-19(15)21-10-20-18/h3,5,7,10,13H,4,6,8-9H2,1-2H3,(H,22,23)/t13-/m0/s1. The molecule has 0 amide bonds. The van der Waals surface area contributed by atoms with Gasteiger partial charge in [-0.1, -0.05) is 17.3 Å². The van der Waals surface area contributed by atoms with Gasteiger partial charge in [-0.15, -0.1) is 0 Å². The number of para-hydroxylation sites is 1. The Bertz CT molecular complexity index is 1100. The fourth-order valence-corrected chi connectivity index (χ4v) is 3.92. The summed E-state index contributed by atoms with van der Waals surface area (Å²) in [7, 11) is 0. The molecule has 1 aliphatic rings. The van der Waals surface area contributed by atoms with Gasteiger partial charge in [-0.05, 0) is 38.3 Å². The van der Waals surface area contributed by atoms with Crippen LogP contribution in [0, 0.1) is 13.8 Å². The zero-order chi connectivity index (χ0) is 17.7. The van der Waals surface area contributed by atoms with Crippen molar-refractivity contribution in [2.24, 2.45) is 0 Å². The molecule has 0 saturated carbocycles. The number of aromatic nitrogens is 5. The summed E-state index contributed by atoms with van der Waals surface area (Å²) in [6, 6.07) is 6.26. The third kappa shape index (κ3) is 2.34. The summed E-state index contributed by atoms with van der Waals surface area (Å²) in [5, 5.41) is 4.96. The number of benzene rings is 1. The largest absolute Gasteiger partial charge is 0.355 e. The molecule has 0 radical (unpaired) electrons. The summed E-state index contributed by atoms with van der Waals surface area (Å²) in [6.07, 6.45) is 3.76. The molecule has 5 rings (SSSR count). The number of hydrogen-bond acceptors (Lipinski definition) is 6.